The van der Waals surface area contributed by atoms with Gasteiger partial charge in [-0.3, -0.25) is 4.79 Å². The second-order valence-corrected chi connectivity index (χ2v) is 9.03. The highest BCUT2D eigenvalue weighted by atomic mass is 16.5. The number of carbonyl (C=O) groups is 1. The van der Waals surface area contributed by atoms with Gasteiger partial charge >= 0.3 is 0 Å². The van der Waals surface area contributed by atoms with E-state index < -0.39 is 5.60 Å². The van der Waals surface area contributed by atoms with Crippen molar-refractivity contribution in [2.75, 3.05) is 6.61 Å². The molecule has 148 valence electrons. The molecule has 1 amide bonds. The predicted molar refractivity (Wildman–Crippen MR) is 107 cm³/mol. The molecule has 1 N–H and O–H groups in total. The van der Waals surface area contributed by atoms with Gasteiger partial charge in [0, 0.05) is 12.6 Å². The lowest BCUT2D eigenvalue weighted by Crippen LogP contribution is -2.49. The van der Waals surface area contributed by atoms with Crippen LogP contribution in [0.4, 0.5) is 0 Å². The minimum Gasteiger partial charge on any atom is -0.366 e. The monoisotopic (exact) mass is 353 g/mol. The summed E-state index contributed by atoms with van der Waals surface area (Å²) in [7, 11) is 0. The third kappa shape index (κ3) is 8.57. The van der Waals surface area contributed by atoms with Crippen molar-refractivity contribution < 1.29 is 9.53 Å². The fourth-order valence-electron chi connectivity index (χ4n) is 3.89. The Balaban J connectivity index is 2.33. The second-order valence-electron chi connectivity index (χ2n) is 9.03. The van der Waals surface area contributed by atoms with Crippen molar-refractivity contribution >= 4 is 5.91 Å². The zero-order valence-corrected chi connectivity index (χ0v) is 17.7. The zero-order chi connectivity index (χ0) is 18.9. The van der Waals surface area contributed by atoms with E-state index in [0.717, 1.165) is 31.1 Å². The number of nitrogens with one attached hydrogen (secondary N) is 1. The van der Waals surface area contributed by atoms with E-state index in [0.29, 0.717) is 18.6 Å². The van der Waals surface area contributed by atoms with E-state index in [9.17, 15) is 4.79 Å². The lowest BCUT2D eigenvalue weighted by molar-refractivity contribution is -0.144. The maximum atomic E-state index is 12.6. The SMILES string of the molecule is CCCC(CC)CC1CCC(NC(=O)C(C)(C)OCCC(C)C)CC1. The molecule has 1 atom stereocenters. The number of hydrogen-bond acceptors (Lipinski definition) is 2. The summed E-state index contributed by atoms with van der Waals surface area (Å²) < 4.78 is 5.85. The van der Waals surface area contributed by atoms with Crippen LogP contribution >= 0.6 is 0 Å². The molecule has 1 aliphatic carbocycles. The molecule has 0 heterocycles. The van der Waals surface area contributed by atoms with Gasteiger partial charge in [-0.2, -0.15) is 0 Å². The zero-order valence-electron chi connectivity index (χ0n) is 17.7. The minimum atomic E-state index is -0.722. The topological polar surface area (TPSA) is 38.3 Å². The van der Waals surface area contributed by atoms with Crippen molar-refractivity contribution in [1.29, 1.82) is 0 Å². The number of rotatable bonds is 11. The molecular weight excluding hydrogens is 310 g/mol. The Bertz CT molecular complexity index is 370. The average Bonchev–Trinajstić information content (AvgIpc) is 2.55. The van der Waals surface area contributed by atoms with E-state index >= 15 is 0 Å². The molecule has 1 fully saturated rings. The highest BCUT2D eigenvalue weighted by Gasteiger charge is 2.31. The summed E-state index contributed by atoms with van der Waals surface area (Å²) in [4.78, 5) is 12.6. The van der Waals surface area contributed by atoms with Crippen LogP contribution in [0.2, 0.25) is 0 Å². The molecule has 3 heteroatoms. The van der Waals surface area contributed by atoms with E-state index in [1.807, 2.05) is 13.8 Å². The Morgan fingerprint density at radius 2 is 1.76 bits per heavy atom. The first-order valence-corrected chi connectivity index (χ1v) is 10.7. The van der Waals surface area contributed by atoms with Crippen molar-refractivity contribution in [3.63, 3.8) is 0 Å². The van der Waals surface area contributed by atoms with Crippen LogP contribution in [0.5, 0.6) is 0 Å². The van der Waals surface area contributed by atoms with Crippen LogP contribution in [0.25, 0.3) is 0 Å². The van der Waals surface area contributed by atoms with Gasteiger partial charge in [0.1, 0.15) is 5.60 Å². The highest BCUT2D eigenvalue weighted by molar-refractivity contribution is 5.84. The first-order chi connectivity index (χ1) is 11.8. The number of amides is 1. The highest BCUT2D eigenvalue weighted by Crippen LogP contribution is 2.32. The van der Waals surface area contributed by atoms with E-state index in [1.165, 1.54) is 38.5 Å². The molecule has 0 spiro atoms. The first-order valence-electron chi connectivity index (χ1n) is 10.7. The standard InChI is InChI=1S/C22H43NO2/c1-7-9-18(8-2)16-19-10-12-20(13-11-19)23-21(24)22(5,6)25-15-14-17(3)4/h17-20H,7-16H2,1-6H3,(H,23,24). The van der Waals surface area contributed by atoms with E-state index in [2.05, 4.69) is 33.0 Å². The van der Waals surface area contributed by atoms with Gasteiger partial charge in [0.15, 0.2) is 0 Å². The summed E-state index contributed by atoms with van der Waals surface area (Å²) >= 11 is 0. The van der Waals surface area contributed by atoms with Crippen molar-refractivity contribution in [2.24, 2.45) is 17.8 Å². The molecule has 3 nitrogen and oxygen atoms in total. The maximum Gasteiger partial charge on any atom is 0.251 e. The lowest BCUT2D eigenvalue weighted by Gasteiger charge is -2.33. The van der Waals surface area contributed by atoms with Gasteiger partial charge in [0.25, 0.3) is 5.91 Å². The van der Waals surface area contributed by atoms with Crippen LogP contribution in [-0.2, 0) is 9.53 Å². The Hall–Kier alpha value is -0.570. The maximum absolute atomic E-state index is 12.6. The van der Waals surface area contributed by atoms with Gasteiger partial charge in [-0.05, 0) is 70.1 Å². The second kappa shape index (κ2) is 11.2. The molecule has 0 radical (unpaired) electrons. The van der Waals surface area contributed by atoms with Gasteiger partial charge in [-0.25, -0.2) is 0 Å². The third-order valence-electron chi connectivity index (χ3n) is 5.83. The molecule has 0 aromatic carbocycles. The average molecular weight is 354 g/mol. The van der Waals surface area contributed by atoms with E-state index in [4.69, 9.17) is 4.74 Å². The third-order valence-corrected chi connectivity index (χ3v) is 5.83. The number of carbonyl (C=O) groups excluding carboxylic acids is 1. The molecule has 0 aliphatic heterocycles. The summed E-state index contributed by atoms with van der Waals surface area (Å²) in [5.74, 6) is 2.42. The Morgan fingerprint density at radius 1 is 1.12 bits per heavy atom. The molecule has 25 heavy (non-hydrogen) atoms. The fourth-order valence-corrected chi connectivity index (χ4v) is 3.89. The fraction of sp³-hybridized carbons (Fsp3) is 0.955. The minimum absolute atomic E-state index is 0.0529. The summed E-state index contributed by atoms with van der Waals surface area (Å²) in [6.45, 7) is 13.4. The van der Waals surface area contributed by atoms with E-state index in [-0.39, 0.29) is 5.91 Å². The molecule has 0 aromatic rings. The molecule has 1 aliphatic rings. The normalized spacial score (nSPS) is 22.8. The molecule has 1 saturated carbocycles. The van der Waals surface area contributed by atoms with Crippen molar-refractivity contribution in [3.05, 3.63) is 0 Å². The van der Waals surface area contributed by atoms with Crippen molar-refractivity contribution in [1.82, 2.24) is 5.32 Å². The van der Waals surface area contributed by atoms with Crippen molar-refractivity contribution in [2.45, 2.75) is 111 Å². The Labute approximate surface area is 156 Å². The van der Waals surface area contributed by atoms with Crippen LogP contribution in [-0.4, -0.2) is 24.2 Å². The largest absolute Gasteiger partial charge is 0.366 e. The summed E-state index contributed by atoms with van der Waals surface area (Å²) in [6.07, 6.45) is 11.1. The molecule has 0 bridgehead atoms. The molecule has 0 saturated heterocycles. The number of hydrogen-bond donors (Lipinski definition) is 1. The molecule has 1 rings (SSSR count). The van der Waals surface area contributed by atoms with E-state index in [1.54, 1.807) is 0 Å². The van der Waals surface area contributed by atoms with Gasteiger partial charge in [-0.1, -0.05) is 47.0 Å². The lowest BCUT2D eigenvalue weighted by atomic mass is 9.79. The molecule has 1 unspecified atom stereocenters. The van der Waals surface area contributed by atoms with Crippen LogP contribution in [0.15, 0.2) is 0 Å². The first kappa shape index (κ1) is 22.5. The van der Waals surface area contributed by atoms with Gasteiger partial charge in [0.05, 0.1) is 0 Å². The Kier molecular flexibility index (Phi) is 10.1. The summed E-state index contributed by atoms with van der Waals surface area (Å²) in [5.41, 5.74) is -0.722. The summed E-state index contributed by atoms with van der Waals surface area (Å²) in [6, 6.07) is 0.336. The number of ether oxygens (including phenoxy) is 1. The predicted octanol–water partition coefficient (Wildman–Crippen LogP) is 5.72. The molecular formula is C22H43NO2. The smallest absolute Gasteiger partial charge is 0.251 e. The van der Waals surface area contributed by atoms with Gasteiger partial charge < -0.3 is 10.1 Å². The van der Waals surface area contributed by atoms with Crippen LogP contribution in [0.1, 0.15) is 99.3 Å². The molecule has 0 aromatic heterocycles. The van der Waals surface area contributed by atoms with Crippen LogP contribution in [0.3, 0.4) is 0 Å². The van der Waals surface area contributed by atoms with Gasteiger partial charge in [0.2, 0.25) is 0 Å². The van der Waals surface area contributed by atoms with Gasteiger partial charge in [-0.15, -0.1) is 0 Å². The summed E-state index contributed by atoms with van der Waals surface area (Å²) in [5, 5.41) is 3.25. The Morgan fingerprint density at radius 3 is 2.28 bits per heavy atom. The van der Waals surface area contributed by atoms with Crippen LogP contribution in [0, 0.1) is 17.8 Å². The van der Waals surface area contributed by atoms with Crippen LogP contribution < -0.4 is 5.32 Å². The quantitative estimate of drug-likeness (QED) is 0.516. The van der Waals surface area contributed by atoms with Crippen molar-refractivity contribution in [3.8, 4) is 0 Å².